The molecule has 2 saturated carbocycles. The third-order valence-electron chi connectivity index (χ3n) is 6.27. The van der Waals surface area contributed by atoms with E-state index in [4.69, 9.17) is 16.3 Å². The molecule has 6 nitrogen and oxygen atoms in total. The molecule has 7 heteroatoms. The highest BCUT2D eigenvalue weighted by Crippen LogP contribution is 2.52. The van der Waals surface area contributed by atoms with Crippen LogP contribution in [-0.2, 0) is 14.3 Å². The summed E-state index contributed by atoms with van der Waals surface area (Å²) in [6.07, 6.45) is 5.07. The van der Waals surface area contributed by atoms with E-state index in [-0.39, 0.29) is 48.8 Å². The van der Waals surface area contributed by atoms with E-state index in [1.54, 1.807) is 4.90 Å². The number of anilines is 1. The molecule has 0 spiro atoms. The highest BCUT2D eigenvalue weighted by Gasteiger charge is 2.51. The van der Waals surface area contributed by atoms with E-state index in [0.717, 1.165) is 43.4 Å². The molecule has 3 aliphatic rings. The fraction of sp³-hybridized carbons (Fsp3) is 0.571. The number of para-hydroxylation sites is 1. The molecule has 3 atom stereocenters. The molecular weight excluding hydrogens is 380 g/mol. The van der Waals surface area contributed by atoms with Crippen LogP contribution in [0.1, 0.15) is 56.6 Å². The van der Waals surface area contributed by atoms with Crippen molar-refractivity contribution in [2.24, 2.45) is 5.92 Å². The van der Waals surface area contributed by atoms with Crippen molar-refractivity contribution < 1.29 is 19.1 Å². The third kappa shape index (κ3) is 3.39. The number of hydrogen-bond donors (Lipinski definition) is 0. The molecule has 2 aliphatic carbocycles. The maximum absolute atomic E-state index is 13.2. The van der Waals surface area contributed by atoms with Gasteiger partial charge in [0.15, 0.2) is 0 Å². The van der Waals surface area contributed by atoms with E-state index in [2.05, 4.69) is 0 Å². The summed E-state index contributed by atoms with van der Waals surface area (Å²) in [6, 6.07) is 7.92. The van der Waals surface area contributed by atoms with Crippen LogP contribution < -0.4 is 4.90 Å². The summed E-state index contributed by atoms with van der Waals surface area (Å²) < 4.78 is 4.70. The number of ether oxygens (including phenoxy) is 1. The smallest absolute Gasteiger partial charge is 0.321 e. The minimum Gasteiger partial charge on any atom is -0.469 e. The van der Waals surface area contributed by atoms with Crippen molar-refractivity contribution in [3.63, 3.8) is 0 Å². The predicted octanol–water partition coefficient (Wildman–Crippen LogP) is 4.02. The second-order valence-electron chi connectivity index (χ2n) is 7.90. The quantitative estimate of drug-likeness (QED) is 0.422. The van der Waals surface area contributed by atoms with Crippen LogP contribution >= 0.6 is 11.6 Å². The van der Waals surface area contributed by atoms with E-state index in [1.807, 2.05) is 29.2 Å². The van der Waals surface area contributed by atoms with Gasteiger partial charge in [-0.1, -0.05) is 24.6 Å². The number of benzene rings is 1. The van der Waals surface area contributed by atoms with Crippen molar-refractivity contribution in [3.05, 3.63) is 29.8 Å². The number of rotatable bonds is 5. The Morgan fingerprint density at radius 3 is 2.57 bits per heavy atom. The number of methoxy groups -OCH3 is 1. The Kier molecular flexibility index (Phi) is 5.32. The summed E-state index contributed by atoms with van der Waals surface area (Å²) in [7, 11) is 1.34. The van der Waals surface area contributed by atoms with Gasteiger partial charge in [0, 0.05) is 24.4 Å². The Hall–Kier alpha value is -2.08. The highest BCUT2D eigenvalue weighted by molar-refractivity contribution is 6.66. The molecule has 28 heavy (non-hydrogen) atoms. The van der Waals surface area contributed by atoms with Gasteiger partial charge in [-0.2, -0.15) is 0 Å². The van der Waals surface area contributed by atoms with Crippen LogP contribution in [0.3, 0.4) is 0 Å². The topological polar surface area (TPSA) is 66.9 Å². The Bertz CT molecular complexity index is 794. The number of amides is 2. The number of hydrogen-bond acceptors (Lipinski definition) is 4. The van der Waals surface area contributed by atoms with Crippen molar-refractivity contribution in [2.45, 2.75) is 63.1 Å². The van der Waals surface area contributed by atoms with Crippen molar-refractivity contribution >= 4 is 34.5 Å². The van der Waals surface area contributed by atoms with Gasteiger partial charge in [-0.15, -0.1) is 0 Å². The minimum atomic E-state index is -0.460. The summed E-state index contributed by atoms with van der Waals surface area (Å²) in [5.41, 5.74) is 1.79. The number of carbonyl (C=O) groups is 3. The lowest BCUT2D eigenvalue weighted by Gasteiger charge is -2.47. The average Bonchev–Trinajstić information content (AvgIpc) is 3.41. The van der Waals surface area contributed by atoms with E-state index in [9.17, 15) is 14.4 Å². The molecule has 2 fully saturated rings. The van der Waals surface area contributed by atoms with Gasteiger partial charge < -0.3 is 9.64 Å². The van der Waals surface area contributed by atoms with E-state index in [0.29, 0.717) is 0 Å². The van der Waals surface area contributed by atoms with Gasteiger partial charge >= 0.3 is 11.3 Å². The van der Waals surface area contributed by atoms with Crippen LogP contribution in [0.2, 0.25) is 0 Å². The molecule has 150 valence electrons. The first kappa shape index (κ1) is 19.2. The van der Waals surface area contributed by atoms with Crippen molar-refractivity contribution in [1.82, 2.24) is 4.90 Å². The molecule has 1 aromatic rings. The molecular formula is C21H25ClN2O4. The van der Waals surface area contributed by atoms with Crippen LogP contribution in [0.25, 0.3) is 0 Å². The van der Waals surface area contributed by atoms with Crippen molar-refractivity contribution in [3.8, 4) is 0 Å². The summed E-state index contributed by atoms with van der Waals surface area (Å²) in [4.78, 5) is 40.7. The van der Waals surface area contributed by atoms with Crippen molar-refractivity contribution in [1.29, 1.82) is 0 Å². The summed E-state index contributed by atoms with van der Waals surface area (Å²) in [5.74, 6) is -0.213. The largest absolute Gasteiger partial charge is 0.469 e. The van der Waals surface area contributed by atoms with E-state index in [1.165, 1.54) is 7.11 Å². The first-order valence-electron chi connectivity index (χ1n) is 9.98. The highest BCUT2D eigenvalue weighted by atomic mass is 35.5. The van der Waals surface area contributed by atoms with Crippen LogP contribution in [0.4, 0.5) is 10.5 Å². The first-order valence-corrected chi connectivity index (χ1v) is 10.4. The Balaban J connectivity index is 1.71. The maximum atomic E-state index is 13.2. The van der Waals surface area contributed by atoms with Gasteiger partial charge in [0.25, 0.3) is 0 Å². The van der Waals surface area contributed by atoms with Crippen LogP contribution in [0, 0.1) is 5.92 Å². The molecule has 0 unspecified atom stereocenters. The SMILES string of the molecule is COC(=O)CCC(=O)N(C1CC1)[C@H]1c2ccccc2N(C(=O)Cl)[C@@H]2CCC[C@@H]21. The van der Waals surface area contributed by atoms with E-state index < -0.39 is 5.37 Å². The number of esters is 1. The zero-order valence-electron chi connectivity index (χ0n) is 16.0. The number of nitrogens with zero attached hydrogens (tertiary/aromatic N) is 2. The van der Waals surface area contributed by atoms with Crippen LogP contribution in [0.15, 0.2) is 24.3 Å². The fourth-order valence-electron chi connectivity index (χ4n) is 4.98. The number of fused-ring (bicyclic) bond motifs is 2. The first-order chi connectivity index (χ1) is 13.5. The van der Waals surface area contributed by atoms with Crippen LogP contribution in [-0.4, -0.2) is 41.3 Å². The third-order valence-corrected chi connectivity index (χ3v) is 6.45. The zero-order valence-corrected chi connectivity index (χ0v) is 16.7. The molecule has 0 aromatic heterocycles. The fourth-order valence-corrected chi connectivity index (χ4v) is 5.20. The summed E-state index contributed by atoms with van der Waals surface area (Å²) >= 11 is 5.97. The monoisotopic (exact) mass is 404 g/mol. The predicted molar refractivity (Wildman–Crippen MR) is 105 cm³/mol. The maximum Gasteiger partial charge on any atom is 0.321 e. The lowest BCUT2D eigenvalue weighted by Crippen LogP contribution is -2.51. The van der Waals surface area contributed by atoms with Gasteiger partial charge in [-0.25, -0.2) is 0 Å². The van der Waals surface area contributed by atoms with Gasteiger partial charge in [0.1, 0.15) is 0 Å². The van der Waals surface area contributed by atoms with Gasteiger partial charge in [-0.05, 0) is 48.9 Å². The lowest BCUT2D eigenvalue weighted by atomic mass is 9.81. The molecule has 0 bridgehead atoms. The second kappa shape index (κ2) is 7.74. The molecule has 0 radical (unpaired) electrons. The lowest BCUT2D eigenvalue weighted by molar-refractivity contribution is -0.145. The van der Waals surface area contributed by atoms with Crippen molar-refractivity contribution in [2.75, 3.05) is 12.0 Å². The molecule has 4 rings (SSSR count). The molecule has 0 saturated heterocycles. The molecule has 1 aliphatic heterocycles. The Morgan fingerprint density at radius 1 is 1.14 bits per heavy atom. The number of halogens is 1. The Morgan fingerprint density at radius 2 is 1.89 bits per heavy atom. The van der Waals surface area contributed by atoms with E-state index >= 15 is 0 Å². The molecule has 1 heterocycles. The molecule has 0 N–H and O–H groups in total. The molecule has 2 amide bonds. The number of carbonyl (C=O) groups excluding carboxylic acids is 3. The van der Waals surface area contributed by atoms with Gasteiger partial charge in [-0.3, -0.25) is 19.3 Å². The Labute approximate surface area is 169 Å². The minimum absolute atomic E-state index is 0.0102. The zero-order chi connectivity index (χ0) is 19.8. The second-order valence-corrected chi connectivity index (χ2v) is 8.22. The summed E-state index contributed by atoms with van der Waals surface area (Å²) in [6.45, 7) is 0. The standard InChI is InChI=1S/C21H25ClN2O4/c1-28-19(26)12-11-18(25)23(13-9-10-13)20-14-5-2-3-7-16(14)24(21(22)27)17-8-4-6-15(17)20/h2-3,5,7,13,15,17,20H,4,6,8-12H2,1H3/t15-,17+,20-/m0/s1. The van der Waals surface area contributed by atoms with Gasteiger partial charge in [0.05, 0.1) is 25.3 Å². The van der Waals surface area contributed by atoms with Crippen LogP contribution in [0.5, 0.6) is 0 Å². The molecule has 1 aromatic carbocycles. The summed E-state index contributed by atoms with van der Waals surface area (Å²) in [5, 5.41) is -0.460. The average molecular weight is 405 g/mol. The van der Waals surface area contributed by atoms with Gasteiger partial charge in [0.2, 0.25) is 5.91 Å². The normalized spacial score (nSPS) is 25.6.